The first kappa shape index (κ1) is 24.8. The van der Waals surface area contributed by atoms with Crippen LogP contribution in [0.4, 0.5) is 10.1 Å². The minimum absolute atomic E-state index is 0.0594. The number of non-ortho nitro benzene ring substituents is 1. The molecule has 2 aliphatic carbocycles. The Morgan fingerprint density at radius 3 is 2.05 bits per heavy atom. The van der Waals surface area contributed by atoms with Gasteiger partial charge in [0.15, 0.2) is 5.78 Å². The highest BCUT2D eigenvalue weighted by Crippen LogP contribution is 2.53. The Morgan fingerprint density at radius 2 is 1.54 bits per heavy atom. The van der Waals surface area contributed by atoms with Crippen molar-refractivity contribution in [3.05, 3.63) is 87.7 Å². The SMILES string of the molecule is O=C(c1ccc(F)cc1)[C@H](CCCl)N(C(=O)c1ccc([N+](=O)[O-])cc1)N1C(=O)[C@H]2[C@H](C1=O)[C@H]1C=C[C@H]2C1. The number of allylic oxidation sites excluding steroid dienone is 2. The smallest absolute Gasteiger partial charge is 0.273 e. The van der Waals surface area contributed by atoms with Crippen LogP contribution in [0, 0.1) is 39.6 Å². The first-order valence-corrected chi connectivity index (χ1v) is 12.3. The number of fused-ring (bicyclic) bond motifs is 5. The fourth-order valence-electron chi connectivity index (χ4n) is 5.60. The highest BCUT2D eigenvalue weighted by atomic mass is 35.5. The topological polar surface area (TPSA) is 118 Å². The van der Waals surface area contributed by atoms with Crippen molar-refractivity contribution in [2.24, 2.45) is 23.7 Å². The number of halogens is 2. The lowest BCUT2D eigenvalue weighted by molar-refractivity contribution is -0.384. The fourth-order valence-corrected chi connectivity index (χ4v) is 5.81. The lowest BCUT2D eigenvalue weighted by Crippen LogP contribution is -2.58. The molecule has 1 aliphatic heterocycles. The van der Waals surface area contributed by atoms with Crippen molar-refractivity contribution in [3.63, 3.8) is 0 Å². The number of benzene rings is 2. The molecule has 11 heteroatoms. The molecule has 2 fully saturated rings. The van der Waals surface area contributed by atoms with E-state index in [2.05, 4.69) is 0 Å². The highest BCUT2D eigenvalue weighted by Gasteiger charge is 2.62. The molecule has 5 rings (SSSR count). The van der Waals surface area contributed by atoms with Crippen LogP contribution in [0.25, 0.3) is 0 Å². The second-order valence-corrected chi connectivity index (χ2v) is 9.68. The van der Waals surface area contributed by atoms with Crippen molar-refractivity contribution in [2.45, 2.75) is 18.9 Å². The van der Waals surface area contributed by atoms with Gasteiger partial charge < -0.3 is 0 Å². The lowest BCUT2D eigenvalue weighted by atomic mass is 9.85. The summed E-state index contributed by atoms with van der Waals surface area (Å²) in [5.74, 6) is -4.82. The Hall–Kier alpha value is -3.92. The van der Waals surface area contributed by atoms with Gasteiger partial charge in [-0.15, -0.1) is 11.6 Å². The summed E-state index contributed by atoms with van der Waals surface area (Å²) in [5, 5.41) is 12.7. The maximum absolute atomic E-state index is 13.8. The number of nitro benzene ring substituents is 1. The Morgan fingerprint density at radius 1 is 1.00 bits per heavy atom. The average molecular weight is 526 g/mol. The van der Waals surface area contributed by atoms with Gasteiger partial charge in [-0.05, 0) is 61.1 Å². The number of carbonyl (C=O) groups is 4. The van der Waals surface area contributed by atoms with Crippen LogP contribution < -0.4 is 0 Å². The van der Waals surface area contributed by atoms with Crippen molar-refractivity contribution < 1.29 is 28.5 Å². The Bertz CT molecular complexity index is 1300. The summed E-state index contributed by atoms with van der Waals surface area (Å²) in [7, 11) is 0. The molecule has 0 radical (unpaired) electrons. The largest absolute Gasteiger partial charge is 0.292 e. The molecule has 37 heavy (non-hydrogen) atoms. The fraction of sp³-hybridized carbons (Fsp3) is 0.308. The number of rotatable bonds is 8. The van der Waals surface area contributed by atoms with E-state index in [-0.39, 0.29) is 41.0 Å². The predicted molar refractivity (Wildman–Crippen MR) is 129 cm³/mol. The van der Waals surface area contributed by atoms with Gasteiger partial charge in [0, 0.05) is 29.1 Å². The van der Waals surface area contributed by atoms with E-state index in [4.69, 9.17) is 11.6 Å². The molecule has 2 aromatic carbocycles. The van der Waals surface area contributed by atoms with Crippen LogP contribution in [-0.2, 0) is 9.59 Å². The monoisotopic (exact) mass is 525 g/mol. The summed E-state index contributed by atoms with van der Waals surface area (Å²) < 4.78 is 13.5. The second-order valence-electron chi connectivity index (χ2n) is 9.31. The van der Waals surface area contributed by atoms with Gasteiger partial charge >= 0.3 is 0 Å². The molecule has 0 spiro atoms. The van der Waals surface area contributed by atoms with E-state index in [0.717, 1.165) is 34.3 Å². The van der Waals surface area contributed by atoms with Crippen molar-refractivity contribution in [1.82, 2.24) is 10.0 Å². The van der Waals surface area contributed by atoms with Gasteiger partial charge in [-0.3, -0.25) is 29.3 Å². The van der Waals surface area contributed by atoms with Gasteiger partial charge in [0.1, 0.15) is 11.9 Å². The first-order chi connectivity index (χ1) is 17.7. The maximum atomic E-state index is 13.8. The van der Waals surface area contributed by atoms with Crippen LogP contribution in [0.3, 0.4) is 0 Å². The zero-order chi connectivity index (χ0) is 26.4. The van der Waals surface area contributed by atoms with Crippen LogP contribution in [0.1, 0.15) is 33.6 Å². The predicted octanol–water partition coefficient (Wildman–Crippen LogP) is 3.78. The number of ketones is 1. The third kappa shape index (κ3) is 4.11. The van der Waals surface area contributed by atoms with E-state index in [1.54, 1.807) is 0 Å². The number of hydrazine groups is 1. The molecular formula is C26H21ClFN3O6. The van der Waals surface area contributed by atoms with Gasteiger partial charge in [-0.25, -0.2) is 9.40 Å². The third-order valence-electron chi connectivity index (χ3n) is 7.30. The summed E-state index contributed by atoms with van der Waals surface area (Å²) in [6.45, 7) is 0. The second kappa shape index (κ2) is 9.51. The molecule has 5 atom stereocenters. The molecule has 0 aromatic heterocycles. The molecule has 3 aliphatic rings. The molecular weight excluding hydrogens is 505 g/mol. The lowest BCUT2D eigenvalue weighted by Gasteiger charge is -2.36. The van der Waals surface area contributed by atoms with Crippen LogP contribution in [-0.4, -0.2) is 50.4 Å². The molecule has 9 nitrogen and oxygen atoms in total. The number of hydrogen-bond acceptors (Lipinski definition) is 6. The molecule has 190 valence electrons. The normalized spacial score (nSPS) is 24.3. The molecule has 1 saturated heterocycles. The minimum atomic E-state index is -1.36. The van der Waals surface area contributed by atoms with Crippen LogP contribution in [0.5, 0.6) is 0 Å². The van der Waals surface area contributed by atoms with Gasteiger partial charge in [-0.1, -0.05) is 12.2 Å². The van der Waals surface area contributed by atoms with E-state index in [9.17, 15) is 33.7 Å². The average Bonchev–Trinajstić information content (AvgIpc) is 3.58. The standard InChI is InChI=1S/C26H21ClFN3O6/c27-12-11-20(23(32)14-3-7-18(28)8-4-14)29(24(33)15-5-9-19(10-6-15)31(36)37)30-25(34)21-16-1-2-17(13-16)22(21)26(30)35/h1-10,16-17,20-22H,11-13H2/t16-,17-,20-,21+,22+/m0/s1. The quantitative estimate of drug-likeness (QED) is 0.129. The van der Waals surface area contributed by atoms with Crippen LogP contribution in [0.15, 0.2) is 60.7 Å². The van der Waals surface area contributed by atoms with E-state index in [1.807, 2.05) is 12.2 Å². The molecule has 2 bridgehead atoms. The summed E-state index contributed by atoms with van der Waals surface area (Å²) >= 11 is 6.01. The Balaban J connectivity index is 1.58. The number of nitro groups is 1. The maximum Gasteiger partial charge on any atom is 0.273 e. The Kier molecular flexibility index (Phi) is 6.36. The summed E-state index contributed by atoms with van der Waals surface area (Å²) in [5.41, 5.74) is -0.247. The van der Waals surface area contributed by atoms with Crippen molar-refractivity contribution in [1.29, 1.82) is 0 Å². The van der Waals surface area contributed by atoms with E-state index < -0.39 is 52.1 Å². The number of alkyl halides is 1. The molecule has 0 N–H and O–H groups in total. The van der Waals surface area contributed by atoms with Gasteiger partial charge in [-0.2, -0.15) is 5.01 Å². The minimum Gasteiger partial charge on any atom is -0.292 e. The van der Waals surface area contributed by atoms with E-state index in [0.29, 0.717) is 6.42 Å². The summed E-state index contributed by atoms with van der Waals surface area (Å²) in [6, 6.07) is 7.96. The zero-order valence-corrected chi connectivity index (χ0v) is 20.1. The molecule has 0 unspecified atom stereocenters. The van der Waals surface area contributed by atoms with Crippen molar-refractivity contribution in [3.8, 4) is 0 Å². The number of imide groups is 1. The number of carbonyl (C=O) groups excluding carboxylic acids is 4. The number of nitrogens with zero attached hydrogens (tertiary/aromatic N) is 3. The van der Waals surface area contributed by atoms with E-state index in [1.165, 1.54) is 24.3 Å². The first-order valence-electron chi connectivity index (χ1n) is 11.7. The van der Waals surface area contributed by atoms with Crippen LogP contribution >= 0.6 is 11.6 Å². The molecule has 1 saturated carbocycles. The van der Waals surface area contributed by atoms with Crippen molar-refractivity contribution >= 4 is 40.8 Å². The Labute approximate surface area is 215 Å². The van der Waals surface area contributed by atoms with Gasteiger partial charge in [0.05, 0.1) is 16.8 Å². The van der Waals surface area contributed by atoms with Crippen molar-refractivity contribution in [2.75, 3.05) is 5.88 Å². The zero-order valence-electron chi connectivity index (χ0n) is 19.3. The highest BCUT2D eigenvalue weighted by molar-refractivity contribution is 6.18. The summed E-state index contributed by atoms with van der Waals surface area (Å²) in [4.78, 5) is 65.1. The van der Waals surface area contributed by atoms with Gasteiger partial charge in [0.25, 0.3) is 23.4 Å². The number of Topliss-reactive ketones (excluding diaryl/α,β-unsaturated/α-hetero) is 1. The number of hydrogen-bond donors (Lipinski definition) is 0. The number of amides is 3. The molecule has 3 amide bonds. The van der Waals surface area contributed by atoms with Gasteiger partial charge in [0.2, 0.25) is 0 Å². The summed E-state index contributed by atoms with van der Waals surface area (Å²) in [6.07, 6.45) is 4.39. The van der Waals surface area contributed by atoms with E-state index >= 15 is 0 Å². The molecule has 2 aromatic rings. The van der Waals surface area contributed by atoms with Crippen LogP contribution in [0.2, 0.25) is 0 Å². The third-order valence-corrected chi connectivity index (χ3v) is 7.52. The molecule has 1 heterocycles.